The van der Waals surface area contributed by atoms with Gasteiger partial charge in [0.1, 0.15) is 5.82 Å². The third kappa shape index (κ3) is 1.87. The van der Waals surface area contributed by atoms with Crippen molar-refractivity contribution in [2.24, 2.45) is 0 Å². The first-order valence-corrected chi connectivity index (χ1v) is 4.99. The van der Waals surface area contributed by atoms with Gasteiger partial charge in [0.15, 0.2) is 0 Å². The molecule has 2 rings (SSSR count). The molecule has 1 aromatic carbocycles. The largest absolute Gasteiger partial charge is 0.359 e. The summed E-state index contributed by atoms with van der Waals surface area (Å²) in [6.45, 7) is 1.06. The molecule has 0 unspecified atom stereocenters. The lowest BCUT2D eigenvalue weighted by atomic mass is 10.2. The maximum atomic E-state index is 13.0. The van der Waals surface area contributed by atoms with Gasteiger partial charge in [-0.2, -0.15) is 0 Å². The van der Waals surface area contributed by atoms with Crippen LogP contribution in [0.2, 0.25) is 0 Å². The van der Waals surface area contributed by atoms with E-state index in [0.717, 1.165) is 18.7 Å². The van der Waals surface area contributed by atoms with E-state index in [1.807, 2.05) is 13.1 Å². The number of rotatable bonds is 2. The molecule has 76 valence electrons. The predicted molar refractivity (Wildman–Crippen MR) is 55.8 cm³/mol. The Labute approximate surface area is 83.7 Å². The third-order valence-corrected chi connectivity index (χ3v) is 2.72. The summed E-state index contributed by atoms with van der Waals surface area (Å²) in [5, 5.41) is 3.38. The molecule has 0 amide bonds. The predicted octanol–water partition coefficient (Wildman–Crippen LogP) is 1.97. The number of nitrogens with zero attached hydrogens (tertiary/aromatic N) is 1. The van der Waals surface area contributed by atoms with Gasteiger partial charge in [-0.15, -0.1) is 0 Å². The fourth-order valence-corrected chi connectivity index (χ4v) is 1.87. The zero-order valence-corrected chi connectivity index (χ0v) is 8.33. The van der Waals surface area contributed by atoms with Crippen molar-refractivity contribution in [2.45, 2.75) is 19.0 Å². The highest BCUT2D eigenvalue weighted by atomic mass is 19.1. The molecule has 1 heterocycles. The van der Waals surface area contributed by atoms with Gasteiger partial charge in [0.05, 0.1) is 6.17 Å². The van der Waals surface area contributed by atoms with Crippen molar-refractivity contribution in [3.63, 3.8) is 0 Å². The average Bonchev–Trinajstić information content (AvgIpc) is 2.69. The third-order valence-electron chi connectivity index (χ3n) is 2.72. The lowest BCUT2D eigenvalue weighted by Crippen LogP contribution is -2.39. The summed E-state index contributed by atoms with van der Waals surface area (Å²) in [4.78, 5) is 2.09. The van der Waals surface area contributed by atoms with Crippen molar-refractivity contribution in [1.29, 1.82) is 0 Å². The summed E-state index contributed by atoms with van der Waals surface area (Å²) in [7, 11) is 2.00. The Morgan fingerprint density at radius 2 is 2.36 bits per heavy atom. The van der Waals surface area contributed by atoms with E-state index in [-0.39, 0.29) is 5.82 Å². The highest BCUT2D eigenvalue weighted by Gasteiger charge is 2.18. The summed E-state index contributed by atoms with van der Waals surface area (Å²) in [6, 6.07) is 6.72. The van der Waals surface area contributed by atoms with Crippen LogP contribution in [-0.4, -0.2) is 19.8 Å². The van der Waals surface area contributed by atoms with Crippen LogP contribution in [0.1, 0.15) is 12.8 Å². The second kappa shape index (κ2) is 3.96. The molecule has 0 aliphatic carbocycles. The van der Waals surface area contributed by atoms with Crippen molar-refractivity contribution < 1.29 is 4.39 Å². The second-order valence-electron chi connectivity index (χ2n) is 3.70. The molecule has 0 bridgehead atoms. The van der Waals surface area contributed by atoms with Gasteiger partial charge in [-0.3, -0.25) is 5.32 Å². The smallest absolute Gasteiger partial charge is 0.125 e. The second-order valence-corrected chi connectivity index (χ2v) is 3.70. The molecular weight excluding hydrogens is 179 g/mol. The minimum atomic E-state index is -0.174. The first-order chi connectivity index (χ1) is 6.77. The van der Waals surface area contributed by atoms with E-state index >= 15 is 0 Å². The fourth-order valence-electron chi connectivity index (χ4n) is 1.87. The first-order valence-electron chi connectivity index (χ1n) is 4.99. The highest BCUT2D eigenvalue weighted by molar-refractivity contribution is 5.46. The molecule has 1 atom stereocenters. The highest BCUT2D eigenvalue weighted by Crippen LogP contribution is 2.19. The molecule has 1 fully saturated rings. The number of benzene rings is 1. The summed E-state index contributed by atoms with van der Waals surface area (Å²) in [5.41, 5.74) is 0.935. The topological polar surface area (TPSA) is 15.3 Å². The van der Waals surface area contributed by atoms with Gasteiger partial charge in [0.25, 0.3) is 0 Å². The van der Waals surface area contributed by atoms with Gasteiger partial charge < -0.3 is 4.90 Å². The van der Waals surface area contributed by atoms with Gasteiger partial charge in [-0.1, -0.05) is 6.07 Å². The molecule has 1 aliphatic heterocycles. The van der Waals surface area contributed by atoms with E-state index in [1.165, 1.54) is 12.5 Å². The van der Waals surface area contributed by atoms with Gasteiger partial charge in [0.2, 0.25) is 0 Å². The average molecular weight is 194 g/mol. The van der Waals surface area contributed by atoms with Gasteiger partial charge >= 0.3 is 0 Å². The Morgan fingerprint density at radius 3 is 3.00 bits per heavy atom. The standard InChI is InChI=1S/C11H15FN2/c1-14(11-6-3-7-13-11)10-5-2-4-9(12)8-10/h2,4-5,8,11,13H,3,6-7H2,1H3/t11-/m1/s1. The van der Waals surface area contributed by atoms with Crippen LogP contribution in [0.5, 0.6) is 0 Å². The van der Waals surface area contributed by atoms with E-state index in [2.05, 4.69) is 10.2 Å². The molecule has 1 aliphatic rings. The van der Waals surface area contributed by atoms with E-state index in [1.54, 1.807) is 12.1 Å². The van der Waals surface area contributed by atoms with E-state index in [0.29, 0.717) is 6.17 Å². The van der Waals surface area contributed by atoms with Crippen LogP contribution in [0.15, 0.2) is 24.3 Å². The first kappa shape index (κ1) is 9.46. The van der Waals surface area contributed by atoms with Crippen molar-refractivity contribution in [3.8, 4) is 0 Å². The number of hydrogen-bond donors (Lipinski definition) is 1. The van der Waals surface area contributed by atoms with Crippen LogP contribution < -0.4 is 10.2 Å². The van der Waals surface area contributed by atoms with E-state index in [4.69, 9.17) is 0 Å². The van der Waals surface area contributed by atoms with Crippen molar-refractivity contribution in [2.75, 3.05) is 18.5 Å². The van der Waals surface area contributed by atoms with E-state index < -0.39 is 0 Å². The number of nitrogens with one attached hydrogen (secondary N) is 1. The Kier molecular flexibility index (Phi) is 2.68. The van der Waals surface area contributed by atoms with Crippen LogP contribution in [0.3, 0.4) is 0 Å². The van der Waals surface area contributed by atoms with Crippen LogP contribution in [0.4, 0.5) is 10.1 Å². The normalized spacial score (nSPS) is 21.1. The van der Waals surface area contributed by atoms with Gasteiger partial charge in [0, 0.05) is 12.7 Å². The van der Waals surface area contributed by atoms with Crippen molar-refractivity contribution in [1.82, 2.24) is 5.32 Å². The molecule has 0 aromatic heterocycles. The number of halogens is 1. The Balaban J connectivity index is 2.13. The monoisotopic (exact) mass is 194 g/mol. The van der Waals surface area contributed by atoms with Crippen molar-refractivity contribution >= 4 is 5.69 Å². The lowest BCUT2D eigenvalue weighted by molar-refractivity contribution is 0.588. The maximum Gasteiger partial charge on any atom is 0.125 e. The lowest BCUT2D eigenvalue weighted by Gasteiger charge is -2.26. The minimum Gasteiger partial charge on any atom is -0.359 e. The Hall–Kier alpha value is -1.09. The van der Waals surface area contributed by atoms with Gasteiger partial charge in [-0.05, 0) is 37.6 Å². The summed E-state index contributed by atoms with van der Waals surface area (Å²) in [5.74, 6) is -0.174. The van der Waals surface area contributed by atoms with Crippen molar-refractivity contribution in [3.05, 3.63) is 30.1 Å². The Bertz CT molecular complexity index is 308. The zero-order chi connectivity index (χ0) is 9.97. The van der Waals surface area contributed by atoms with Crippen LogP contribution in [0.25, 0.3) is 0 Å². The number of hydrogen-bond acceptors (Lipinski definition) is 2. The molecule has 3 heteroatoms. The summed E-state index contributed by atoms with van der Waals surface area (Å²) >= 11 is 0. The fraction of sp³-hybridized carbons (Fsp3) is 0.455. The minimum absolute atomic E-state index is 0.174. The van der Waals surface area contributed by atoms with Crippen LogP contribution in [-0.2, 0) is 0 Å². The molecule has 14 heavy (non-hydrogen) atoms. The molecule has 0 saturated carbocycles. The number of anilines is 1. The Morgan fingerprint density at radius 1 is 1.50 bits per heavy atom. The van der Waals surface area contributed by atoms with E-state index in [9.17, 15) is 4.39 Å². The molecule has 2 nitrogen and oxygen atoms in total. The molecule has 1 aromatic rings. The summed E-state index contributed by atoms with van der Waals surface area (Å²) in [6.07, 6.45) is 2.69. The maximum absolute atomic E-state index is 13.0. The molecule has 0 radical (unpaired) electrons. The van der Waals surface area contributed by atoms with Gasteiger partial charge in [-0.25, -0.2) is 4.39 Å². The quantitative estimate of drug-likeness (QED) is 0.774. The van der Waals surface area contributed by atoms with Crippen LogP contribution >= 0.6 is 0 Å². The molecule has 1 saturated heterocycles. The summed E-state index contributed by atoms with van der Waals surface area (Å²) < 4.78 is 13.0. The molecule has 1 N–H and O–H groups in total. The zero-order valence-electron chi connectivity index (χ0n) is 8.33. The molecule has 0 spiro atoms. The van der Waals surface area contributed by atoms with Crippen LogP contribution in [0, 0.1) is 5.82 Å². The SMILES string of the molecule is CN(c1cccc(F)c1)[C@@H]1CCCN1. The molecular formula is C11H15FN2.